The molecule has 0 atom stereocenters. The molecular weight excluding hydrogens is 392 g/mol. The third-order valence-electron chi connectivity index (χ3n) is 4.68. The van der Waals surface area contributed by atoms with Gasteiger partial charge in [-0.2, -0.15) is 5.10 Å². The Balaban J connectivity index is 1.72. The van der Waals surface area contributed by atoms with E-state index in [1.165, 1.54) is 0 Å². The second kappa shape index (κ2) is 9.04. The van der Waals surface area contributed by atoms with E-state index in [1.54, 1.807) is 22.9 Å². The highest BCUT2D eigenvalue weighted by Crippen LogP contribution is 2.26. The predicted molar refractivity (Wildman–Crippen MR) is 122 cm³/mol. The number of hydrogen-bond donors (Lipinski definition) is 1. The van der Waals surface area contributed by atoms with Gasteiger partial charge in [-0.1, -0.05) is 45.0 Å². The third-order valence-corrected chi connectivity index (χ3v) is 4.68. The van der Waals surface area contributed by atoms with Crippen LogP contribution >= 0.6 is 0 Å². The van der Waals surface area contributed by atoms with Crippen molar-refractivity contribution in [3.8, 4) is 5.69 Å². The molecule has 0 fully saturated rings. The highest BCUT2D eigenvalue weighted by atomic mass is 16.5. The first-order valence-electron chi connectivity index (χ1n) is 10.1. The molecule has 3 aromatic rings. The van der Waals surface area contributed by atoms with Gasteiger partial charge in [-0.15, -0.1) is 0 Å². The Morgan fingerprint density at radius 3 is 2.39 bits per heavy atom. The molecule has 0 saturated carbocycles. The summed E-state index contributed by atoms with van der Waals surface area (Å²) in [5.41, 5.74) is 2.74. The number of amides is 1. The lowest BCUT2D eigenvalue weighted by molar-refractivity contribution is -0.119. The predicted octanol–water partition coefficient (Wildman–Crippen LogP) is 4.03. The van der Waals surface area contributed by atoms with Crippen molar-refractivity contribution in [1.82, 2.24) is 9.78 Å². The van der Waals surface area contributed by atoms with Crippen LogP contribution in [0.15, 0.2) is 60.7 Å². The van der Waals surface area contributed by atoms with E-state index in [9.17, 15) is 9.59 Å². The zero-order valence-corrected chi connectivity index (χ0v) is 18.5. The third kappa shape index (κ3) is 5.51. The van der Waals surface area contributed by atoms with Crippen LogP contribution in [0.2, 0.25) is 0 Å². The molecule has 0 aliphatic heterocycles. The van der Waals surface area contributed by atoms with Crippen LogP contribution in [0.25, 0.3) is 5.69 Å². The highest BCUT2D eigenvalue weighted by molar-refractivity contribution is 5.95. The van der Waals surface area contributed by atoms with Crippen molar-refractivity contribution >= 4 is 23.4 Å². The maximum atomic E-state index is 12.5. The zero-order chi connectivity index (χ0) is 22.6. The maximum absolute atomic E-state index is 12.5. The van der Waals surface area contributed by atoms with Gasteiger partial charge in [-0.25, -0.2) is 9.48 Å². The van der Waals surface area contributed by atoms with Gasteiger partial charge in [0, 0.05) is 31.3 Å². The van der Waals surface area contributed by atoms with Gasteiger partial charge in [0.05, 0.1) is 16.9 Å². The summed E-state index contributed by atoms with van der Waals surface area (Å²) in [6, 6.07) is 18.4. The summed E-state index contributed by atoms with van der Waals surface area (Å²) in [6.07, 6.45) is 0. The Kier molecular flexibility index (Phi) is 6.44. The molecule has 1 N–H and O–H groups in total. The van der Waals surface area contributed by atoms with Gasteiger partial charge in [-0.05, 0) is 30.3 Å². The molecule has 0 bridgehead atoms. The number of benzene rings is 2. The van der Waals surface area contributed by atoms with Crippen LogP contribution in [-0.2, 0) is 14.9 Å². The molecule has 0 aliphatic rings. The molecule has 0 unspecified atom stereocenters. The van der Waals surface area contributed by atoms with E-state index in [0.29, 0.717) is 11.4 Å². The highest BCUT2D eigenvalue weighted by Gasteiger charge is 2.22. The molecule has 3 rings (SSSR count). The van der Waals surface area contributed by atoms with E-state index >= 15 is 0 Å². The monoisotopic (exact) mass is 420 g/mol. The van der Waals surface area contributed by atoms with Crippen molar-refractivity contribution in [3.63, 3.8) is 0 Å². The topological polar surface area (TPSA) is 76.5 Å². The van der Waals surface area contributed by atoms with Crippen molar-refractivity contribution < 1.29 is 14.3 Å². The molecule has 1 aromatic heterocycles. The second-order valence-corrected chi connectivity index (χ2v) is 8.48. The van der Waals surface area contributed by atoms with Gasteiger partial charge < -0.3 is 15.0 Å². The molecule has 7 heteroatoms. The van der Waals surface area contributed by atoms with E-state index in [4.69, 9.17) is 4.74 Å². The lowest BCUT2D eigenvalue weighted by atomic mass is 9.92. The molecule has 0 spiro atoms. The summed E-state index contributed by atoms with van der Waals surface area (Å²) in [5, 5.41) is 7.48. The van der Waals surface area contributed by atoms with Crippen LogP contribution < -0.4 is 10.2 Å². The van der Waals surface area contributed by atoms with Crippen LogP contribution in [0.4, 0.5) is 11.5 Å². The Morgan fingerprint density at radius 2 is 1.74 bits per heavy atom. The Hall–Kier alpha value is -3.61. The number of nitrogens with zero attached hydrogens (tertiary/aromatic N) is 3. The van der Waals surface area contributed by atoms with Crippen LogP contribution in [0, 0.1) is 0 Å². The van der Waals surface area contributed by atoms with E-state index < -0.39 is 18.5 Å². The zero-order valence-electron chi connectivity index (χ0n) is 18.5. The molecule has 2 aromatic carbocycles. The standard InChI is InChI=1S/C24H28N4O3/c1-24(2,3)20-15-21(28(26-20)18-11-7-6-8-12-18)25-22(29)16-31-23(30)17-10-9-13-19(14-17)27(4)5/h6-15H,16H2,1-5H3,(H,25,29). The van der Waals surface area contributed by atoms with Gasteiger partial charge in [0.15, 0.2) is 6.61 Å². The Morgan fingerprint density at radius 1 is 1.03 bits per heavy atom. The first kappa shape index (κ1) is 22.1. The van der Waals surface area contributed by atoms with Crippen molar-refractivity contribution in [2.45, 2.75) is 26.2 Å². The average molecular weight is 421 g/mol. The fourth-order valence-electron chi connectivity index (χ4n) is 2.91. The SMILES string of the molecule is CN(C)c1cccc(C(=O)OCC(=O)Nc2cc(C(C)(C)C)nn2-c2ccccc2)c1. The summed E-state index contributed by atoms with van der Waals surface area (Å²) in [5.74, 6) is -0.466. The summed E-state index contributed by atoms with van der Waals surface area (Å²) in [7, 11) is 3.78. The fraction of sp³-hybridized carbons (Fsp3) is 0.292. The average Bonchev–Trinajstić information content (AvgIpc) is 3.17. The lowest BCUT2D eigenvalue weighted by Crippen LogP contribution is -2.22. The molecule has 0 radical (unpaired) electrons. The van der Waals surface area contributed by atoms with Gasteiger partial charge in [0.1, 0.15) is 5.82 Å². The molecule has 0 saturated heterocycles. The summed E-state index contributed by atoms with van der Waals surface area (Å²) >= 11 is 0. The first-order valence-corrected chi connectivity index (χ1v) is 10.1. The molecular formula is C24H28N4O3. The minimum absolute atomic E-state index is 0.191. The van der Waals surface area contributed by atoms with Crippen molar-refractivity contribution in [2.24, 2.45) is 0 Å². The van der Waals surface area contributed by atoms with E-state index in [-0.39, 0.29) is 5.41 Å². The van der Waals surface area contributed by atoms with Gasteiger partial charge in [0.25, 0.3) is 5.91 Å². The van der Waals surface area contributed by atoms with E-state index in [0.717, 1.165) is 17.1 Å². The number of rotatable bonds is 6. The fourth-order valence-corrected chi connectivity index (χ4v) is 2.91. The molecule has 7 nitrogen and oxygen atoms in total. The quantitative estimate of drug-likeness (QED) is 0.609. The van der Waals surface area contributed by atoms with Gasteiger partial charge >= 0.3 is 5.97 Å². The molecule has 1 amide bonds. The van der Waals surface area contributed by atoms with Crippen LogP contribution in [0.5, 0.6) is 0 Å². The van der Waals surface area contributed by atoms with Gasteiger partial charge in [-0.3, -0.25) is 4.79 Å². The van der Waals surface area contributed by atoms with Crippen LogP contribution in [-0.4, -0.2) is 42.4 Å². The number of para-hydroxylation sites is 1. The van der Waals surface area contributed by atoms with E-state index in [2.05, 4.69) is 31.2 Å². The normalized spacial score (nSPS) is 11.1. The number of ether oxygens (including phenoxy) is 1. The minimum Gasteiger partial charge on any atom is -0.452 e. The smallest absolute Gasteiger partial charge is 0.338 e. The van der Waals surface area contributed by atoms with Crippen LogP contribution in [0.3, 0.4) is 0 Å². The van der Waals surface area contributed by atoms with E-state index in [1.807, 2.05) is 61.5 Å². The van der Waals surface area contributed by atoms with Crippen molar-refractivity contribution in [3.05, 3.63) is 71.9 Å². The van der Waals surface area contributed by atoms with Crippen molar-refractivity contribution in [1.29, 1.82) is 0 Å². The molecule has 0 aliphatic carbocycles. The number of hydrogen-bond acceptors (Lipinski definition) is 5. The van der Waals surface area contributed by atoms with Crippen LogP contribution in [0.1, 0.15) is 36.8 Å². The largest absolute Gasteiger partial charge is 0.452 e. The number of anilines is 2. The summed E-state index contributed by atoms with van der Waals surface area (Å²) in [4.78, 5) is 26.8. The first-order chi connectivity index (χ1) is 14.6. The Bertz CT molecular complexity index is 1070. The number of esters is 1. The summed E-state index contributed by atoms with van der Waals surface area (Å²) < 4.78 is 6.90. The number of carbonyl (C=O) groups is 2. The number of aromatic nitrogens is 2. The second-order valence-electron chi connectivity index (χ2n) is 8.48. The number of carbonyl (C=O) groups excluding carboxylic acids is 2. The summed E-state index contributed by atoms with van der Waals surface area (Å²) in [6.45, 7) is 5.77. The minimum atomic E-state index is -0.550. The van der Waals surface area contributed by atoms with Crippen molar-refractivity contribution in [2.75, 3.05) is 30.9 Å². The molecule has 31 heavy (non-hydrogen) atoms. The maximum Gasteiger partial charge on any atom is 0.338 e. The Labute approximate surface area is 182 Å². The molecule has 1 heterocycles. The number of nitrogens with one attached hydrogen (secondary N) is 1. The van der Waals surface area contributed by atoms with Gasteiger partial charge in [0.2, 0.25) is 0 Å². The molecule has 162 valence electrons. The lowest BCUT2D eigenvalue weighted by Gasteiger charge is -2.14.